The van der Waals surface area contributed by atoms with Crippen molar-refractivity contribution in [3.05, 3.63) is 30.1 Å². The average Bonchev–Trinajstić information content (AvgIpc) is 2.69. The normalized spacial score (nSPS) is 15.8. The van der Waals surface area contributed by atoms with Gasteiger partial charge in [-0.3, -0.25) is 14.8 Å². The second kappa shape index (κ2) is 5.14. The molecule has 1 fully saturated rings. The van der Waals surface area contributed by atoms with Gasteiger partial charge in [0, 0.05) is 19.5 Å². The van der Waals surface area contributed by atoms with E-state index in [1.165, 1.54) is 12.1 Å². The smallest absolute Gasteiger partial charge is 0.242 e. The molecule has 0 spiro atoms. The zero-order valence-electron chi connectivity index (χ0n) is 9.60. The van der Waals surface area contributed by atoms with Crippen molar-refractivity contribution in [3.63, 3.8) is 0 Å². The highest BCUT2D eigenvalue weighted by molar-refractivity contribution is 5.81. The maximum absolute atomic E-state index is 12.8. The molecule has 17 heavy (non-hydrogen) atoms. The third-order valence-corrected chi connectivity index (χ3v) is 2.82. The van der Waals surface area contributed by atoms with Crippen LogP contribution in [0.4, 0.5) is 10.1 Å². The average molecular weight is 237 g/mol. The lowest BCUT2D eigenvalue weighted by Gasteiger charge is -2.29. The summed E-state index contributed by atoms with van der Waals surface area (Å²) < 4.78 is 12.8. The molecule has 1 aliphatic heterocycles. The Balaban J connectivity index is 2.13. The van der Waals surface area contributed by atoms with Crippen LogP contribution in [0, 0.1) is 5.82 Å². The van der Waals surface area contributed by atoms with Crippen LogP contribution in [0.3, 0.4) is 0 Å². The van der Waals surface area contributed by atoms with E-state index < -0.39 is 0 Å². The van der Waals surface area contributed by atoms with E-state index in [1.807, 2.05) is 5.01 Å². The van der Waals surface area contributed by atoms with Gasteiger partial charge in [0.15, 0.2) is 0 Å². The highest BCUT2D eigenvalue weighted by atomic mass is 19.1. The molecule has 5 heteroatoms. The third kappa shape index (κ3) is 2.55. The Bertz CT molecular complexity index is 393. The van der Waals surface area contributed by atoms with Crippen LogP contribution in [0.1, 0.15) is 12.8 Å². The van der Waals surface area contributed by atoms with Crippen LogP contribution in [0.5, 0.6) is 0 Å². The van der Waals surface area contributed by atoms with Crippen LogP contribution in [-0.2, 0) is 4.79 Å². The van der Waals surface area contributed by atoms with Crippen molar-refractivity contribution >= 4 is 11.6 Å². The molecular formula is C12H16FN3O. The monoisotopic (exact) mass is 237 g/mol. The first-order valence-electron chi connectivity index (χ1n) is 5.76. The maximum atomic E-state index is 12.8. The van der Waals surface area contributed by atoms with Crippen molar-refractivity contribution in [1.29, 1.82) is 0 Å². The molecule has 92 valence electrons. The second-order valence-electron chi connectivity index (χ2n) is 4.01. The molecule has 1 heterocycles. The van der Waals surface area contributed by atoms with Crippen LogP contribution in [-0.4, -0.2) is 30.6 Å². The van der Waals surface area contributed by atoms with Crippen molar-refractivity contribution in [1.82, 2.24) is 5.01 Å². The fourth-order valence-corrected chi connectivity index (χ4v) is 1.95. The van der Waals surface area contributed by atoms with E-state index >= 15 is 0 Å². The Morgan fingerprint density at radius 1 is 1.29 bits per heavy atom. The lowest BCUT2D eigenvalue weighted by molar-refractivity contribution is -0.128. The van der Waals surface area contributed by atoms with Gasteiger partial charge in [-0.05, 0) is 37.2 Å². The van der Waals surface area contributed by atoms with E-state index in [2.05, 4.69) is 0 Å². The molecule has 0 atom stereocenters. The molecule has 1 aliphatic rings. The number of hydrogen-bond donors (Lipinski definition) is 1. The minimum Gasteiger partial charge on any atom is -0.330 e. The largest absolute Gasteiger partial charge is 0.330 e. The minimum absolute atomic E-state index is 0.0998. The first-order valence-corrected chi connectivity index (χ1v) is 5.76. The first-order chi connectivity index (χ1) is 8.22. The molecule has 2 N–H and O–H groups in total. The van der Waals surface area contributed by atoms with Crippen molar-refractivity contribution in [2.45, 2.75) is 12.8 Å². The van der Waals surface area contributed by atoms with Crippen LogP contribution < -0.4 is 10.7 Å². The Hall–Kier alpha value is -1.62. The van der Waals surface area contributed by atoms with Crippen LogP contribution in [0.2, 0.25) is 0 Å². The summed E-state index contributed by atoms with van der Waals surface area (Å²) in [6, 6.07) is 6.17. The number of anilines is 1. The van der Waals surface area contributed by atoms with E-state index in [0.717, 1.165) is 12.1 Å². The predicted octanol–water partition coefficient (Wildman–Crippen LogP) is 1.13. The van der Waals surface area contributed by atoms with Gasteiger partial charge in [0.1, 0.15) is 5.82 Å². The predicted molar refractivity (Wildman–Crippen MR) is 63.7 cm³/mol. The topological polar surface area (TPSA) is 49.6 Å². The Morgan fingerprint density at radius 2 is 2.00 bits per heavy atom. The Morgan fingerprint density at radius 3 is 2.65 bits per heavy atom. The van der Waals surface area contributed by atoms with Crippen LogP contribution >= 0.6 is 0 Å². The maximum Gasteiger partial charge on any atom is 0.242 e. The molecule has 0 saturated carbocycles. The van der Waals surface area contributed by atoms with E-state index in [0.29, 0.717) is 26.1 Å². The number of carbonyl (C=O) groups is 1. The van der Waals surface area contributed by atoms with Crippen LogP contribution in [0.15, 0.2) is 24.3 Å². The zero-order chi connectivity index (χ0) is 12.3. The molecule has 0 unspecified atom stereocenters. The molecule has 1 saturated heterocycles. The highest BCUT2D eigenvalue weighted by Gasteiger charge is 2.28. The van der Waals surface area contributed by atoms with Crippen molar-refractivity contribution in [3.8, 4) is 0 Å². The van der Waals surface area contributed by atoms with Gasteiger partial charge in [0.05, 0.1) is 5.69 Å². The summed E-state index contributed by atoms with van der Waals surface area (Å²) in [6.07, 6.45) is 1.27. The first kappa shape index (κ1) is 11.9. The van der Waals surface area contributed by atoms with Crippen molar-refractivity contribution < 1.29 is 9.18 Å². The number of nitrogens with two attached hydrogens (primary N) is 1. The molecule has 1 amide bonds. The summed E-state index contributed by atoms with van der Waals surface area (Å²) in [5.41, 5.74) is 6.29. The molecule has 1 aromatic carbocycles. The number of amides is 1. The van der Waals surface area contributed by atoms with Gasteiger partial charge in [0.2, 0.25) is 5.91 Å². The van der Waals surface area contributed by atoms with E-state index in [-0.39, 0.29) is 11.7 Å². The highest BCUT2D eigenvalue weighted by Crippen LogP contribution is 2.22. The van der Waals surface area contributed by atoms with Crippen molar-refractivity contribution in [2.24, 2.45) is 5.73 Å². The molecule has 0 bridgehead atoms. The van der Waals surface area contributed by atoms with Gasteiger partial charge in [0.25, 0.3) is 0 Å². The lowest BCUT2D eigenvalue weighted by atomic mass is 10.3. The summed E-state index contributed by atoms with van der Waals surface area (Å²) in [6.45, 7) is 1.82. The molecular weight excluding hydrogens is 221 g/mol. The fraction of sp³-hybridized carbons (Fsp3) is 0.417. The molecule has 1 aromatic rings. The van der Waals surface area contributed by atoms with Gasteiger partial charge in [-0.15, -0.1) is 0 Å². The van der Waals surface area contributed by atoms with Gasteiger partial charge in [-0.2, -0.15) is 0 Å². The summed E-state index contributed by atoms with van der Waals surface area (Å²) in [5.74, 6) is -0.171. The number of nitrogens with zero attached hydrogens (tertiary/aromatic N) is 2. The van der Waals surface area contributed by atoms with E-state index in [9.17, 15) is 9.18 Å². The number of carbonyl (C=O) groups excluding carboxylic acids is 1. The molecule has 0 radical (unpaired) electrons. The van der Waals surface area contributed by atoms with Gasteiger partial charge >= 0.3 is 0 Å². The lowest BCUT2D eigenvalue weighted by Crippen LogP contribution is -2.40. The minimum atomic E-state index is -0.271. The van der Waals surface area contributed by atoms with Gasteiger partial charge in [-0.1, -0.05) is 0 Å². The Labute approximate surface area is 99.8 Å². The van der Waals surface area contributed by atoms with E-state index in [1.54, 1.807) is 17.1 Å². The van der Waals surface area contributed by atoms with Gasteiger partial charge < -0.3 is 5.73 Å². The number of hydrogen-bond acceptors (Lipinski definition) is 3. The number of halogens is 1. The molecule has 2 rings (SSSR count). The van der Waals surface area contributed by atoms with Gasteiger partial charge in [-0.25, -0.2) is 4.39 Å². The number of hydrazine groups is 1. The number of rotatable bonds is 4. The Kier molecular flexibility index (Phi) is 3.58. The standard InChI is InChI=1S/C12H16FN3O/c13-10-2-4-11(5-3-10)15-9-6-12(17)16(15)8-1-7-14/h2-5H,1,6-9,14H2. The number of benzene rings is 1. The SMILES string of the molecule is NCCCN1C(=O)CCN1c1ccc(F)cc1. The molecule has 0 aromatic heterocycles. The summed E-state index contributed by atoms with van der Waals surface area (Å²) >= 11 is 0. The van der Waals surface area contributed by atoms with E-state index in [4.69, 9.17) is 5.73 Å². The second-order valence-corrected chi connectivity index (χ2v) is 4.01. The quantitative estimate of drug-likeness (QED) is 0.854. The summed E-state index contributed by atoms with van der Waals surface area (Å²) in [4.78, 5) is 11.7. The van der Waals surface area contributed by atoms with Crippen molar-refractivity contribution in [2.75, 3.05) is 24.6 Å². The van der Waals surface area contributed by atoms with Crippen LogP contribution in [0.25, 0.3) is 0 Å². The fourth-order valence-electron chi connectivity index (χ4n) is 1.95. The summed E-state index contributed by atoms with van der Waals surface area (Å²) in [7, 11) is 0. The summed E-state index contributed by atoms with van der Waals surface area (Å²) in [5, 5.41) is 3.58. The molecule has 4 nitrogen and oxygen atoms in total. The zero-order valence-corrected chi connectivity index (χ0v) is 9.60. The third-order valence-electron chi connectivity index (χ3n) is 2.82. The molecule has 0 aliphatic carbocycles.